The van der Waals surface area contributed by atoms with Gasteiger partial charge in [0, 0.05) is 43.4 Å². The standard InChI is InChI=1S/C28H34N4O5/c1-4-36-28-20(13-10-16-33)21(17-24(37-28)26(34)30-23-15-9-8-14-22(23)29)25-18(2)31(3)32(27(25)35)19-11-6-5-7-12-19/h5-9,11-12,14-15,17,20-21,28,33H,4,10,13,16,29H2,1-3H3,(H,30,34). The number of aliphatic hydroxyl groups is 1. The van der Waals surface area contributed by atoms with E-state index >= 15 is 0 Å². The first-order valence-electron chi connectivity index (χ1n) is 12.5. The molecule has 196 valence electrons. The fourth-order valence-corrected chi connectivity index (χ4v) is 4.87. The normalized spacial score (nSPS) is 19.2. The van der Waals surface area contributed by atoms with Crippen LogP contribution in [-0.2, 0) is 21.3 Å². The van der Waals surface area contributed by atoms with E-state index in [2.05, 4.69) is 5.32 Å². The number of rotatable bonds is 9. The second-order valence-electron chi connectivity index (χ2n) is 9.04. The van der Waals surface area contributed by atoms with Crippen LogP contribution >= 0.6 is 0 Å². The van der Waals surface area contributed by atoms with Crippen LogP contribution in [0.4, 0.5) is 11.4 Å². The van der Waals surface area contributed by atoms with E-state index in [1.165, 1.54) is 0 Å². The highest BCUT2D eigenvalue weighted by Crippen LogP contribution is 2.40. The minimum Gasteiger partial charge on any atom is -0.459 e. The molecule has 0 aliphatic carbocycles. The molecular weight excluding hydrogens is 472 g/mol. The van der Waals surface area contributed by atoms with E-state index < -0.39 is 18.1 Å². The van der Waals surface area contributed by atoms with E-state index in [4.69, 9.17) is 15.2 Å². The number of nitrogens with one attached hydrogen (secondary N) is 1. The number of carbonyl (C=O) groups is 1. The first-order valence-corrected chi connectivity index (χ1v) is 12.5. The molecular formula is C28H34N4O5. The minimum absolute atomic E-state index is 0.00553. The first kappa shape index (κ1) is 26.2. The lowest BCUT2D eigenvalue weighted by atomic mass is 9.80. The largest absolute Gasteiger partial charge is 0.459 e. The van der Waals surface area contributed by atoms with E-state index in [-0.39, 0.29) is 23.8 Å². The Morgan fingerprint density at radius 2 is 1.86 bits per heavy atom. The SMILES string of the molecule is CCOC1OC(C(=O)Nc2ccccc2N)=CC(c2c(C)n(C)n(-c3ccccc3)c2=O)C1CCCO. The van der Waals surface area contributed by atoms with Crippen molar-refractivity contribution in [3.8, 4) is 5.69 Å². The molecule has 4 N–H and O–H groups in total. The van der Waals surface area contributed by atoms with Crippen LogP contribution in [0.5, 0.6) is 0 Å². The van der Waals surface area contributed by atoms with Gasteiger partial charge in [-0.2, -0.15) is 0 Å². The molecule has 9 nitrogen and oxygen atoms in total. The number of carbonyl (C=O) groups excluding carboxylic acids is 1. The molecule has 0 saturated heterocycles. The molecule has 0 bridgehead atoms. The van der Waals surface area contributed by atoms with Crippen LogP contribution in [0.2, 0.25) is 0 Å². The molecule has 0 saturated carbocycles. The van der Waals surface area contributed by atoms with Crippen molar-refractivity contribution in [2.24, 2.45) is 13.0 Å². The predicted octanol–water partition coefficient (Wildman–Crippen LogP) is 3.45. The number of benzene rings is 2. The van der Waals surface area contributed by atoms with Gasteiger partial charge in [-0.25, -0.2) is 4.68 Å². The maximum atomic E-state index is 13.9. The maximum Gasteiger partial charge on any atom is 0.290 e. The van der Waals surface area contributed by atoms with Crippen LogP contribution in [0.25, 0.3) is 5.69 Å². The number of nitrogens with zero attached hydrogens (tertiary/aromatic N) is 2. The van der Waals surface area contributed by atoms with Crippen molar-refractivity contribution in [1.29, 1.82) is 0 Å². The highest BCUT2D eigenvalue weighted by molar-refractivity contribution is 6.04. The summed E-state index contributed by atoms with van der Waals surface area (Å²) in [6.07, 6.45) is 1.97. The molecule has 2 aromatic carbocycles. The van der Waals surface area contributed by atoms with E-state index in [0.29, 0.717) is 36.4 Å². The maximum absolute atomic E-state index is 13.9. The molecule has 0 radical (unpaired) electrons. The first-order chi connectivity index (χ1) is 17.9. The van der Waals surface area contributed by atoms with Crippen LogP contribution in [-0.4, -0.2) is 39.9 Å². The number of para-hydroxylation sites is 3. The zero-order valence-corrected chi connectivity index (χ0v) is 21.4. The molecule has 9 heteroatoms. The van der Waals surface area contributed by atoms with Gasteiger partial charge in [-0.3, -0.25) is 14.3 Å². The van der Waals surface area contributed by atoms with Gasteiger partial charge in [0.1, 0.15) is 0 Å². The number of aliphatic hydroxyl groups excluding tert-OH is 1. The Morgan fingerprint density at radius 1 is 1.16 bits per heavy atom. The third-order valence-electron chi connectivity index (χ3n) is 6.78. The molecule has 3 unspecified atom stereocenters. The van der Waals surface area contributed by atoms with E-state index in [1.807, 2.05) is 55.9 Å². The third-order valence-corrected chi connectivity index (χ3v) is 6.78. The fourth-order valence-electron chi connectivity index (χ4n) is 4.87. The highest BCUT2D eigenvalue weighted by Gasteiger charge is 2.40. The Morgan fingerprint density at radius 3 is 2.54 bits per heavy atom. The van der Waals surface area contributed by atoms with Crippen molar-refractivity contribution < 1.29 is 19.4 Å². The molecule has 0 fully saturated rings. The Bertz CT molecular complexity index is 1330. The molecule has 1 aliphatic rings. The van der Waals surface area contributed by atoms with Gasteiger partial charge in [0.2, 0.25) is 6.29 Å². The third kappa shape index (κ3) is 5.33. The van der Waals surface area contributed by atoms with Crippen LogP contribution < -0.4 is 16.6 Å². The number of hydrogen-bond acceptors (Lipinski definition) is 6. The monoisotopic (exact) mass is 506 g/mol. The van der Waals surface area contributed by atoms with Crippen molar-refractivity contribution in [3.05, 3.63) is 88.0 Å². The van der Waals surface area contributed by atoms with Gasteiger partial charge in [0.25, 0.3) is 11.5 Å². The van der Waals surface area contributed by atoms with Crippen molar-refractivity contribution in [2.45, 2.75) is 38.9 Å². The average molecular weight is 507 g/mol. The summed E-state index contributed by atoms with van der Waals surface area (Å²) in [6.45, 7) is 4.09. The molecule has 1 aliphatic heterocycles. The van der Waals surface area contributed by atoms with Crippen molar-refractivity contribution in [1.82, 2.24) is 9.36 Å². The molecule has 0 spiro atoms. The van der Waals surface area contributed by atoms with E-state index in [9.17, 15) is 14.7 Å². The van der Waals surface area contributed by atoms with Crippen LogP contribution in [0.3, 0.4) is 0 Å². The smallest absolute Gasteiger partial charge is 0.290 e. The molecule has 3 aromatic rings. The average Bonchev–Trinajstić information content (AvgIpc) is 3.12. The van der Waals surface area contributed by atoms with Gasteiger partial charge >= 0.3 is 0 Å². The van der Waals surface area contributed by atoms with Crippen LogP contribution in [0.1, 0.15) is 36.9 Å². The van der Waals surface area contributed by atoms with Gasteiger partial charge in [-0.05, 0) is 57.0 Å². The Kier molecular flexibility index (Phi) is 8.15. The predicted molar refractivity (Wildman–Crippen MR) is 142 cm³/mol. The fraction of sp³-hybridized carbons (Fsp3) is 0.357. The Balaban J connectivity index is 1.82. The van der Waals surface area contributed by atoms with Crippen LogP contribution in [0.15, 0.2) is 71.2 Å². The van der Waals surface area contributed by atoms with Gasteiger partial charge in [0.15, 0.2) is 5.76 Å². The highest BCUT2D eigenvalue weighted by atomic mass is 16.7. The lowest BCUT2D eigenvalue weighted by Gasteiger charge is -2.36. The molecule has 37 heavy (non-hydrogen) atoms. The number of allylic oxidation sites excluding steroid dienone is 1. The summed E-state index contributed by atoms with van der Waals surface area (Å²) in [7, 11) is 1.84. The minimum atomic E-state index is -0.774. The Hall–Kier alpha value is -3.82. The summed E-state index contributed by atoms with van der Waals surface area (Å²) < 4.78 is 15.4. The van der Waals surface area contributed by atoms with Gasteiger partial charge in [-0.15, -0.1) is 0 Å². The quantitative estimate of drug-likeness (QED) is 0.382. The molecule has 4 rings (SSSR count). The summed E-state index contributed by atoms with van der Waals surface area (Å²) in [6, 6.07) is 16.4. The molecule has 3 atom stereocenters. The second-order valence-corrected chi connectivity index (χ2v) is 9.04. The van der Waals surface area contributed by atoms with Gasteiger partial charge in [0.05, 0.1) is 17.1 Å². The van der Waals surface area contributed by atoms with Crippen molar-refractivity contribution in [2.75, 3.05) is 24.3 Å². The lowest BCUT2D eigenvalue weighted by molar-refractivity contribution is -0.165. The van der Waals surface area contributed by atoms with Crippen LogP contribution in [0, 0.1) is 12.8 Å². The van der Waals surface area contributed by atoms with E-state index in [1.54, 1.807) is 35.0 Å². The Labute approximate surface area is 216 Å². The summed E-state index contributed by atoms with van der Waals surface area (Å²) in [5, 5.41) is 12.4. The molecule has 1 amide bonds. The second kappa shape index (κ2) is 11.5. The topological polar surface area (TPSA) is 121 Å². The summed E-state index contributed by atoms with van der Waals surface area (Å²) in [5.41, 5.74) is 8.80. The summed E-state index contributed by atoms with van der Waals surface area (Å²) in [4.78, 5) is 27.2. The summed E-state index contributed by atoms with van der Waals surface area (Å²) >= 11 is 0. The number of hydrogen-bond donors (Lipinski definition) is 3. The number of nitrogens with two attached hydrogens (primary N) is 1. The number of aromatic nitrogens is 2. The number of amides is 1. The zero-order chi connectivity index (χ0) is 26.5. The number of ether oxygens (including phenoxy) is 2. The number of nitrogen functional groups attached to an aromatic ring is 1. The van der Waals surface area contributed by atoms with Gasteiger partial charge in [-0.1, -0.05) is 30.3 Å². The molecule has 1 aromatic heterocycles. The van der Waals surface area contributed by atoms with Crippen molar-refractivity contribution >= 4 is 17.3 Å². The lowest BCUT2D eigenvalue weighted by Crippen LogP contribution is -2.39. The summed E-state index contributed by atoms with van der Waals surface area (Å²) in [5.74, 6) is -1.19. The zero-order valence-electron chi connectivity index (χ0n) is 21.4. The van der Waals surface area contributed by atoms with Gasteiger partial charge < -0.3 is 25.6 Å². The van der Waals surface area contributed by atoms with Crippen molar-refractivity contribution in [3.63, 3.8) is 0 Å². The number of anilines is 2. The molecule has 2 heterocycles. The van der Waals surface area contributed by atoms with E-state index in [0.717, 1.165) is 11.4 Å².